The molecule has 0 aliphatic carbocycles. The standard InChI is InChI=1S/C10H14BNO3S/c11-9-1-3-10(4-2-9)16(13,14)12-5-7-15-8-6-12/h1-4H,5-8,11H2. The molecule has 1 aliphatic heterocycles. The molecule has 0 unspecified atom stereocenters. The molecule has 0 amide bonds. The molecule has 4 nitrogen and oxygen atoms in total. The highest BCUT2D eigenvalue weighted by molar-refractivity contribution is 7.89. The summed E-state index contributed by atoms with van der Waals surface area (Å²) in [4.78, 5) is 0.361. The average molecular weight is 239 g/mol. The lowest BCUT2D eigenvalue weighted by atomic mass is 9.97. The third kappa shape index (κ3) is 2.29. The molecule has 6 heteroatoms. The predicted molar refractivity (Wildman–Crippen MR) is 64.2 cm³/mol. The third-order valence-electron chi connectivity index (χ3n) is 2.63. The fraction of sp³-hybridized carbons (Fsp3) is 0.400. The van der Waals surface area contributed by atoms with E-state index in [-0.39, 0.29) is 0 Å². The van der Waals surface area contributed by atoms with Crippen LogP contribution in [0.5, 0.6) is 0 Å². The van der Waals surface area contributed by atoms with Gasteiger partial charge in [0.15, 0.2) is 0 Å². The summed E-state index contributed by atoms with van der Waals surface area (Å²) in [5, 5.41) is 0. The second-order valence-corrected chi connectivity index (χ2v) is 5.77. The first-order valence-corrected chi connectivity index (χ1v) is 6.69. The number of nitrogens with zero attached hydrogens (tertiary/aromatic N) is 1. The van der Waals surface area contributed by atoms with Gasteiger partial charge in [0.05, 0.1) is 18.1 Å². The first-order valence-electron chi connectivity index (χ1n) is 5.25. The Labute approximate surface area is 96.7 Å². The second kappa shape index (κ2) is 4.57. The van der Waals surface area contributed by atoms with Gasteiger partial charge in [-0.05, 0) is 12.1 Å². The van der Waals surface area contributed by atoms with Crippen molar-refractivity contribution in [2.45, 2.75) is 4.90 Å². The molecule has 1 fully saturated rings. The Bertz CT molecular complexity index is 451. The Hall–Kier alpha value is -0.845. The van der Waals surface area contributed by atoms with Gasteiger partial charge in [0.25, 0.3) is 0 Å². The molecule has 0 N–H and O–H groups in total. The van der Waals surface area contributed by atoms with Gasteiger partial charge in [0.1, 0.15) is 7.85 Å². The van der Waals surface area contributed by atoms with E-state index in [1.807, 2.05) is 20.0 Å². The summed E-state index contributed by atoms with van der Waals surface area (Å²) in [5.41, 5.74) is 1.06. The van der Waals surface area contributed by atoms with Crippen molar-refractivity contribution in [3.8, 4) is 0 Å². The highest BCUT2D eigenvalue weighted by Crippen LogP contribution is 2.15. The van der Waals surface area contributed by atoms with Crippen LogP contribution in [-0.2, 0) is 14.8 Å². The fourth-order valence-electron chi connectivity index (χ4n) is 1.65. The van der Waals surface area contributed by atoms with Gasteiger partial charge in [-0.15, -0.1) is 0 Å². The van der Waals surface area contributed by atoms with E-state index >= 15 is 0 Å². The van der Waals surface area contributed by atoms with Crippen molar-refractivity contribution in [1.82, 2.24) is 4.31 Å². The summed E-state index contributed by atoms with van der Waals surface area (Å²) in [6, 6.07) is 6.93. The molecule has 1 aromatic carbocycles. The van der Waals surface area contributed by atoms with Gasteiger partial charge in [0, 0.05) is 13.1 Å². The Morgan fingerprint density at radius 1 is 1.12 bits per heavy atom. The zero-order valence-corrected chi connectivity index (χ0v) is 10.0. The van der Waals surface area contributed by atoms with Gasteiger partial charge in [-0.1, -0.05) is 17.6 Å². The molecular formula is C10H14BNO3S. The van der Waals surface area contributed by atoms with Crippen molar-refractivity contribution in [3.05, 3.63) is 24.3 Å². The van der Waals surface area contributed by atoms with Crippen LogP contribution >= 0.6 is 0 Å². The molecule has 86 valence electrons. The lowest BCUT2D eigenvalue weighted by Gasteiger charge is -2.26. The van der Waals surface area contributed by atoms with Crippen molar-refractivity contribution in [2.75, 3.05) is 26.3 Å². The number of benzene rings is 1. The molecule has 0 aromatic heterocycles. The monoisotopic (exact) mass is 239 g/mol. The zero-order valence-electron chi connectivity index (χ0n) is 9.22. The maximum Gasteiger partial charge on any atom is 0.243 e. The van der Waals surface area contributed by atoms with Crippen molar-refractivity contribution in [2.24, 2.45) is 0 Å². The molecule has 0 saturated carbocycles. The molecule has 0 spiro atoms. The van der Waals surface area contributed by atoms with E-state index in [9.17, 15) is 8.42 Å². The smallest absolute Gasteiger partial charge is 0.243 e. The maximum atomic E-state index is 12.2. The van der Waals surface area contributed by atoms with Crippen molar-refractivity contribution < 1.29 is 13.2 Å². The number of hydrogen-bond donors (Lipinski definition) is 0. The van der Waals surface area contributed by atoms with Gasteiger partial charge >= 0.3 is 0 Å². The SMILES string of the molecule is Bc1ccc(S(=O)(=O)N2CCOCC2)cc1. The number of morpholine rings is 1. The minimum absolute atomic E-state index is 0.361. The van der Waals surface area contributed by atoms with E-state index in [1.54, 1.807) is 12.1 Å². The molecule has 0 atom stereocenters. The summed E-state index contributed by atoms with van der Waals surface area (Å²) >= 11 is 0. The number of sulfonamides is 1. The fourth-order valence-corrected chi connectivity index (χ4v) is 3.05. The molecule has 0 bridgehead atoms. The highest BCUT2D eigenvalue weighted by atomic mass is 32.2. The lowest BCUT2D eigenvalue weighted by molar-refractivity contribution is 0.0730. The molecule has 1 heterocycles. The van der Waals surface area contributed by atoms with Crippen LogP contribution in [0.1, 0.15) is 0 Å². The first-order chi connectivity index (χ1) is 7.60. The highest BCUT2D eigenvalue weighted by Gasteiger charge is 2.25. The van der Waals surface area contributed by atoms with Gasteiger partial charge < -0.3 is 4.74 Å². The molecule has 0 radical (unpaired) electrons. The minimum Gasteiger partial charge on any atom is -0.379 e. The quantitative estimate of drug-likeness (QED) is 0.620. The van der Waals surface area contributed by atoms with Crippen LogP contribution in [0.4, 0.5) is 0 Å². The molecule has 1 saturated heterocycles. The first kappa shape index (κ1) is 11.6. The van der Waals surface area contributed by atoms with Gasteiger partial charge in [0.2, 0.25) is 10.0 Å². The minimum atomic E-state index is -3.33. The molecule has 1 aromatic rings. The van der Waals surface area contributed by atoms with E-state index in [4.69, 9.17) is 4.74 Å². The Morgan fingerprint density at radius 3 is 2.25 bits per heavy atom. The lowest BCUT2D eigenvalue weighted by Crippen LogP contribution is -2.40. The topological polar surface area (TPSA) is 46.6 Å². The third-order valence-corrected chi connectivity index (χ3v) is 4.54. The van der Waals surface area contributed by atoms with Crippen molar-refractivity contribution in [1.29, 1.82) is 0 Å². The summed E-state index contributed by atoms with van der Waals surface area (Å²) in [6.45, 7) is 1.84. The molecular weight excluding hydrogens is 225 g/mol. The summed E-state index contributed by atoms with van der Waals surface area (Å²) in [5.74, 6) is 0. The van der Waals surface area contributed by atoms with Crippen molar-refractivity contribution in [3.63, 3.8) is 0 Å². The maximum absolute atomic E-state index is 12.2. The van der Waals surface area contributed by atoms with Crippen LogP contribution in [0, 0.1) is 0 Å². The summed E-state index contributed by atoms with van der Waals surface area (Å²) in [7, 11) is -1.39. The predicted octanol–water partition coefficient (Wildman–Crippen LogP) is -1.03. The van der Waals surface area contributed by atoms with Gasteiger partial charge in [-0.3, -0.25) is 0 Å². The number of ether oxygens (including phenoxy) is 1. The second-order valence-electron chi connectivity index (χ2n) is 3.83. The van der Waals surface area contributed by atoms with Crippen molar-refractivity contribution >= 4 is 23.3 Å². The van der Waals surface area contributed by atoms with Gasteiger partial charge in [-0.25, -0.2) is 8.42 Å². The Kier molecular flexibility index (Phi) is 3.32. The van der Waals surface area contributed by atoms with Crippen LogP contribution in [0.3, 0.4) is 0 Å². The summed E-state index contributed by atoms with van der Waals surface area (Å²) in [6.07, 6.45) is 0. The van der Waals surface area contributed by atoms with E-state index < -0.39 is 10.0 Å². The van der Waals surface area contributed by atoms with E-state index in [1.165, 1.54) is 4.31 Å². The van der Waals surface area contributed by atoms with E-state index in [2.05, 4.69) is 0 Å². The normalized spacial score (nSPS) is 18.5. The average Bonchev–Trinajstić information content (AvgIpc) is 2.31. The number of hydrogen-bond acceptors (Lipinski definition) is 3. The number of rotatable bonds is 2. The van der Waals surface area contributed by atoms with Crippen LogP contribution in [-0.4, -0.2) is 46.9 Å². The largest absolute Gasteiger partial charge is 0.379 e. The van der Waals surface area contributed by atoms with Crippen LogP contribution < -0.4 is 5.46 Å². The van der Waals surface area contributed by atoms with E-state index in [0.717, 1.165) is 5.46 Å². The Balaban J connectivity index is 2.27. The molecule has 2 rings (SSSR count). The van der Waals surface area contributed by atoms with E-state index in [0.29, 0.717) is 31.2 Å². The van der Waals surface area contributed by atoms with Gasteiger partial charge in [-0.2, -0.15) is 4.31 Å². The van der Waals surface area contributed by atoms with Crippen LogP contribution in [0.2, 0.25) is 0 Å². The Morgan fingerprint density at radius 2 is 1.69 bits per heavy atom. The summed E-state index contributed by atoms with van der Waals surface area (Å²) < 4.78 is 31.0. The van der Waals surface area contributed by atoms with Crippen LogP contribution in [0.25, 0.3) is 0 Å². The zero-order chi connectivity index (χ0) is 11.6. The molecule has 1 aliphatic rings. The van der Waals surface area contributed by atoms with Crippen LogP contribution in [0.15, 0.2) is 29.2 Å². The molecule has 16 heavy (non-hydrogen) atoms.